The monoisotopic (exact) mass is 304 g/mol. The minimum absolute atomic E-state index is 0.108. The fraction of sp³-hybridized carbons (Fsp3) is 0.538. The molecule has 0 radical (unpaired) electrons. The van der Waals surface area contributed by atoms with E-state index < -0.39 is 10.0 Å². The molecule has 4 nitrogen and oxygen atoms in total. The molecule has 0 aliphatic carbocycles. The third-order valence-corrected chi connectivity index (χ3v) is 4.98. The van der Waals surface area contributed by atoms with Gasteiger partial charge in [-0.3, -0.25) is 0 Å². The van der Waals surface area contributed by atoms with Crippen LogP contribution in [0.5, 0.6) is 0 Å². The van der Waals surface area contributed by atoms with Crippen LogP contribution in [-0.2, 0) is 10.0 Å². The Morgan fingerprint density at radius 3 is 2.53 bits per heavy atom. The highest BCUT2D eigenvalue weighted by Crippen LogP contribution is 2.24. The van der Waals surface area contributed by atoms with Crippen LogP contribution in [0.1, 0.15) is 25.8 Å². The van der Waals surface area contributed by atoms with Crippen molar-refractivity contribution in [3.8, 4) is 0 Å². The fourth-order valence-corrected chi connectivity index (χ4v) is 3.72. The highest BCUT2D eigenvalue weighted by molar-refractivity contribution is 7.89. The maximum Gasteiger partial charge on any atom is 0.242 e. The highest BCUT2D eigenvalue weighted by Gasteiger charge is 2.22. The van der Waals surface area contributed by atoms with Crippen LogP contribution in [-0.4, -0.2) is 21.0 Å². The number of sulfonamides is 1. The molecule has 19 heavy (non-hydrogen) atoms. The number of nitrogens with one attached hydrogen (secondary N) is 1. The Hall–Kier alpha value is -0.620. The third-order valence-electron chi connectivity index (χ3n) is 2.81. The van der Waals surface area contributed by atoms with Gasteiger partial charge in [-0.15, -0.1) is 0 Å². The van der Waals surface area contributed by atoms with Crippen molar-refractivity contribution < 1.29 is 8.42 Å². The molecule has 1 aromatic carbocycles. The molecule has 6 heteroatoms. The second-order valence-corrected chi connectivity index (χ2v) is 7.13. The standard InChI is InChI=1S/C13H21ClN2O2S/c1-9(2)7-11(8-15)16-19(17,18)12-6-4-5-10(3)13(12)14/h4-6,9,11,16H,7-8,15H2,1-3H3. The summed E-state index contributed by atoms with van der Waals surface area (Å²) in [6, 6.07) is 4.67. The van der Waals surface area contributed by atoms with Gasteiger partial charge in [-0.05, 0) is 30.9 Å². The van der Waals surface area contributed by atoms with Crippen LogP contribution in [0.3, 0.4) is 0 Å². The second-order valence-electron chi connectivity index (χ2n) is 5.07. The first kappa shape index (κ1) is 16.4. The molecule has 3 N–H and O–H groups in total. The average molecular weight is 305 g/mol. The van der Waals surface area contributed by atoms with E-state index in [0.717, 1.165) is 5.56 Å². The van der Waals surface area contributed by atoms with Crippen molar-refractivity contribution in [2.45, 2.75) is 38.1 Å². The predicted molar refractivity (Wildman–Crippen MR) is 78.8 cm³/mol. The first-order valence-corrected chi connectivity index (χ1v) is 8.11. The molecular formula is C13H21ClN2O2S. The van der Waals surface area contributed by atoms with Crippen LogP contribution < -0.4 is 10.5 Å². The maximum absolute atomic E-state index is 12.3. The number of aryl methyl sites for hydroxylation is 1. The van der Waals surface area contributed by atoms with Gasteiger partial charge in [-0.1, -0.05) is 37.6 Å². The van der Waals surface area contributed by atoms with E-state index in [9.17, 15) is 8.42 Å². The number of hydrogen-bond acceptors (Lipinski definition) is 3. The summed E-state index contributed by atoms with van der Waals surface area (Å²) >= 11 is 6.06. The van der Waals surface area contributed by atoms with Crippen molar-refractivity contribution in [2.75, 3.05) is 6.54 Å². The molecule has 0 saturated heterocycles. The molecule has 0 aromatic heterocycles. The number of hydrogen-bond donors (Lipinski definition) is 2. The summed E-state index contributed by atoms with van der Waals surface area (Å²) in [5.74, 6) is 0.365. The van der Waals surface area contributed by atoms with Gasteiger partial charge in [0, 0.05) is 12.6 Å². The van der Waals surface area contributed by atoms with Crippen molar-refractivity contribution in [2.24, 2.45) is 11.7 Å². The number of benzene rings is 1. The van der Waals surface area contributed by atoms with Crippen molar-refractivity contribution in [1.29, 1.82) is 0 Å². The molecule has 1 unspecified atom stereocenters. The first-order valence-electron chi connectivity index (χ1n) is 6.25. The Bertz CT molecular complexity index is 529. The summed E-state index contributed by atoms with van der Waals surface area (Å²) in [4.78, 5) is 0.108. The van der Waals surface area contributed by atoms with E-state index in [2.05, 4.69) is 4.72 Å². The van der Waals surface area contributed by atoms with E-state index in [1.165, 1.54) is 6.07 Å². The summed E-state index contributed by atoms with van der Waals surface area (Å²) in [7, 11) is -3.63. The number of nitrogens with two attached hydrogens (primary N) is 1. The first-order chi connectivity index (χ1) is 8.77. The smallest absolute Gasteiger partial charge is 0.242 e. The van der Waals surface area contributed by atoms with Gasteiger partial charge >= 0.3 is 0 Å². The summed E-state index contributed by atoms with van der Waals surface area (Å²) in [5, 5.41) is 0.260. The fourth-order valence-electron chi connectivity index (χ4n) is 1.87. The van der Waals surface area contributed by atoms with Crippen molar-refractivity contribution in [1.82, 2.24) is 4.72 Å². The van der Waals surface area contributed by atoms with E-state index in [-0.39, 0.29) is 22.5 Å². The lowest BCUT2D eigenvalue weighted by Gasteiger charge is -2.19. The van der Waals surface area contributed by atoms with Crippen molar-refractivity contribution in [3.63, 3.8) is 0 Å². The molecule has 1 atom stereocenters. The van der Waals surface area contributed by atoms with Gasteiger partial charge in [0.1, 0.15) is 4.90 Å². The lowest BCUT2D eigenvalue weighted by Crippen LogP contribution is -2.41. The van der Waals surface area contributed by atoms with E-state index >= 15 is 0 Å². The van der Waals surface area contributed by atoms with Gasteiger partial charge < -0.3 is 5.73 Å². The number of rotatable bonds is 6. The Balaban J connectivity index is 3.01. The predicted octanol–water partition coefficient (Wildman–Crippen LogP) is 2.30. The zero-order valence-corrected chi connectivity index (χ0v) is 13.1. The molecule has 1 rings (SSSR count). The molecule has 0 bridgehead atoms. The normalized spacial score (nSPS) is 13.8. The second kappa shape index (κ2) is 6.70. The van der Waals surface area contributed by atoms with Gasteiger partial charge in [-0.25, -0.2) is 13.1 Å². The molecule has 108 valence electrons. The Kier molecular flexibility index (Phi) is 5.80. The quantitative estimate of drug-likeness (QED) is 0.847. The lowest BCUT2D eigenvalue weighted by atomic mass is 10.1. The largest absolute Gasteiger partial charge is 0.329 e. The van der Waals surface area contributed by atoms with Crippen LogP contribution >= 0.6 is 11.6 Å². The van der Waals surface area contributed by atoms with Crippen molar-refractivity contribution in [3.05, 3.63) is 28.8 Å². The topological polar surface area (TPSA) is 72.2 Å². The molecule has 1 aromatic rings. The molecule has 0 heterocycles. The highest BCUT2D eigenvalue weighted by atomic mass is 35.5. The summed E-state index contributed by atoms with van der Waals surface area (Å²) in [6.07, 6.45) is 0.694. The van der Waals surface area contributed by atoms with E-state index in [4.69, 9.17) is 17.3 Å². The molecular weight excluding hydrogens is 284 g/mol. The van der Waals surface area contributed by atoms with Gasteiger partial charge in [0.15, 0.2) is 0 Å². The van der Waals surface area contributed by atoms with Gasteiger partial charge in [0.05, 0.1) is 5.02 Å². The van der Waals surface area contributed by atoms with Crippen LogP contribution in [0.15, 0.2) is 23.1 Å². The molecule has 0 aliphatic rings. The van der Waals surface area contributed by atoms with Gasteiger partial charge in [0.25, 0.3) is 0 Å². The SMILES string of the molecule is Cc1cccc(S(=O)(=O)NC(CN)CC(C)C)c1Cl. The van der Waals surface area contributed by atoms with E-state index in [1.54, 1.807) is 19.1 Å². The Morgan fingerprint density at radius 2 is 2.00 bits per heavy atom. The maximum atomic E-state index is 12.3. The molecule has 0 aliphatic heterocycles. The Morgan fingerprint density at radius 1 is 1.37 bits per heavy atom. The zero-order valence-electron chi connectivity index (χ0n) is 11.5. The van der Waals surface area contributed by atoms with Gasteiger partial charge in [-0.2, -0.15) is 0 Å². The summed E-state index contributed by atoms with van der Waals surface area (Å²) < 4.78 is 27.2. The molecule has 0 spiro atoms. The van der Waals surface area contributed by atoms with E-state index in [1.807, 2.05) is 13.8 Å². The van der Waals surface area contributed by atoms with Crippen molar-refractivity contribution >= 4 is 21.6 Å². The van der Waals surface area contributed by atoms with Crippen LogP contribution in [0.25, 0.3) is 0 Å². The number of halogens is 1. The average Bonchev–Trinajstić information content (AvgIpc) is 2.30. The molecule has 0 saturated carbocycles. The van der Waals surface area contributed by atoms with Crippen LogP contribution in [0.4, 0.5) is 0 Å². The summed E-state index contributed by atoms with van der Waals surface area (Å²) in [5.41, 5.74) is 6.35. The minimum Gasteiger partial charge on any atom is -0.329 e. The van der Waals surface area contributed by atoms with E-state index in [0.29, 0.717) is 12.3 Å². The Labute approximate surface area is 120 Å². The zero-order chi connectivity index (χ0) is 14.6. The summed E-state index contributed by atoms with van der Waals surface area (Å²) in [6.45, 7) is 6.09. The molecule has 0 fully saturated rings. The minimum atomic E-state index is -3.63. The van der Waals surface area contributed by atoms with Gasteiger partial charge in [0.2, 0.25) is 10.0 Å². The van der Waals surface area contributed by atoms with Crippen LogP contribution in [0.2, 0.25) is 5.02 Å². The van der Waals surface area contributed by atoms with Crippen LogP contribution in [0, 0.1) is 12.8 Å². The molecule has 0 amide bonds. The third kappa shape index (κ3) is 4.45. The lowest BCUT2D eigenvalue weighted by molar-refractivity contribution is 0.465.